The van der Waals surface area contributed by atoms with Gasteiger partial charge in [0.1, 0.15) is 0 Å². The number of benzene rings is 7. The van der Waals surface area contributed by atoms with Gasteiger partial charge in [0, 0.05) is 75.6 Å². The van der Waals surface area contributed by atoms with E-state index in [1.807, 2.05) is 98.8 Å². The predicted molar refractivity (Wildman–Crippen MR) is 284 cm³/mol. The van der Waals surface area contributed by atoms with Crippen LogP contribution in [0.2, 0.25) is 0 Å². The molecular formula is C62H60F12O4. The molecule has 0 unspecified atom stereocenters. The number of alkyl halides is 12. The molecule has 7 rings (SSSR count). The maximum Gasteiger partial charge on any atom is 0.386 e. The molecular weight excluding hydrogens is 1040 g/mol. The Hall–Kier alpha value is -7.62. The molecule has 0 aliphatic heterocycles. The van der Waals surface area contributed by atoms with Crippen LogP contribution in [0.3, 0.4) is 0 Å². The summed E-state index contributed by atoms with van der Waals surface area (Å²) in [5.41, 5.74) is 13.8. The normalized spacial score (nSPS) is 11.0. The van der Waals surface area contributed by atoms with Crippen LogP contribution in [0.5, 0.6) is 0 Å². The molecule has 7 aromatic rings. The molecule has 0 amide bonds. The highest BCUT2D eigenvalue weighted by molar-refractivity contribution is 6.02. The van der Waals surface area contributed by atoms with Gasteiger partial charge in [0.2, 0.25) is 0 Å². The van der Waals surface area contributed by atoms with E-state index in [2.05, 4.69) is 74.5 Å². The molecule has 0 N–H and O–H groups in total. The highest BCUT2D eigenvalue weighted by atomic mass is 19.4. The molecule has 0 saturated heterocycles. The van der Waals surface area contributed by atoms with Crippen molar-refractivity contribution in [3.05, 3.63) is 214 Å². The van der Waals surface area contributed by atoms with E-state index in [4.69, 9.17) is 0 Å². The summed E-state index contributed by atoms with van der Waals surface area (Å²) in [4.78, 5) is 49.0. The Morgan fingerprint density at radius 3 is 0.782 bits per heavy atom. The summed E-state index contributed by atoms with van der Waals surface area (Å²) in [6, 6.07) is 55.5. The van der Waals surface area contributed by atoms with Crippen LogP contribution in [-0.2, 0) is 12.8 Å². The summed E-state index contributed by atoms with van der Waals surface area (Å²) in [5, 5.41) is 0. The predicted octanol–water partition coefficient (Wildman–Crippen LogP) is 19.3. The molecule has 0 bridgehead atoms. The van der Waals surface area contributed by atoms with Crippen LogP contribution < -0.4 is 0 Å². The van der Waals surface area contributed by atoms with E-state index in [-0.39, 0.29) is 50.8 Å². The zero-order chi connectivity index (χ0) is 59.0. The Balaban J connectivity index is 0.000000400. The zero-order valence-electron chi connectivity index (χ0n) is 44.2. The Kier molecular flexibility index (Phi) is 26.4. The van der Waals surface area contributed by atoms with Crippen molar-refractivity contribution in [2.75, 3.05) is 0 Å². The molecule has 78 heavy (non-hydrogen) atoms. The molecule has 0 heterocycles. The topological polar surface area (TPSA) is 68.3 Å². The van der Waals surface area contributed by atoms with E-state index in [9.17, 15) is 71.9 Å². The molecule has 0 atom stereocenters. The Labute approximate surface area is 447 Å². The van der Waals surface area contributed by atoms with E-state index in [1.165, 1.54) is 22.3 Å². The van der Waals surface area contributed by atoms with Crippen LogP contribution in [-0.4, -0.2) is 47.8 Å². The minimum absolute atomic E-state index is 0.0267. The van der Waals surface area contributed by atoms with Crippen molar-refractivity contribution in [3.8, 4) is 33.4 Å². The molecule has 0 spiro atoms. The first-order chi connectivity index (χ1) is 36.1. The monoisotopic (exact) mass is 1100 g/mol. The van der Waals surface area contributed by atoms with E-state index in [1.54, 1.807) is 24.3 Å². The van der Waals surface area contributed by atoms with Crippen LogP contribution in [0.4, 0.5) is 52.7 Å². The fraction of sp³-hybridized carbons (Fsp3) is 0.258. The second-order valence-electron chi connectivity index (χ2n) is 17.7. The van der Waals surface area contributed by atoms with E-state index in [0.29, 0.717) is 42.4 Å². The van der Waals surface area contributed by atoms with Crippen molar-refractivity contribution >= 4 is 23.1 Å². The SMILES string of the molecule is CC(F)(F)F.CC(F)(F)F.CC(F)(F)F.CC(F)(F)F.CCC(=O)c1ccc(-c2ccc(C(=O)Cc3ccc(-c4ccc(C)cc4)cc3)cc2)cc1.CCC(=O)c1cccc(C(=O)Cc2ccc(-c3ccc(C)cc3)cc2)c1. The smallest absolute Gasteiger partial charge is 0.294 e. The van der Waals surface area contributed by atoms with Gasteiger partial charge in [0.25, 0.3) is 0 Å². The van der Waals surface area contributed by atoms with E-state index in [0.717, 1.165) is 38.9 Å². The van der Waals surface area contributed by atoms with Crippen molar-refractivity contribution in [2.24, 2.45) is 0 Å². The lowest BCUT2D eigenvalue weighted by Crippen LogP contribution is -2.05. The molecule has 0 fully saturated rings. The lowest BCUT2D eigenvalue weighted by molar-refractivity contribution is -0.111. The molecule has 4 nitrogen and oxygen atoms in total. The summed E-state index contributed by atoms with van der Waals surface area (Å²) in [6.45, 7) is 8.59. The molecule has 0 aromatic heterocycles. The largest absolute Gasteiger partial charge is 0.386 e. The van der Waals surface area contributed by atoms with Crippen molar-refractivity contribution in [1.29, 1.82) is 0 Å². The Bertz CT molecular complexity index is 2860. The van der Waals surface area contributed by atoms with Crippen molar-refractivity contribution < 1.29 is 71.9 Å². The van der Waals surface area contributed by atoms with Gasteiger partial charge in [-0.3, -0.25) is 19.2 Å². The molecule has 0 aliphatic carbocycles. The van der Waals surface area contributed by atoms with E-state index < -0.39 is 24.7 Å². The van der Waals surface area contributed by atoms with Gasteiger partial charge in [-0.1, -0.05) is 189 Å². The minimum atomic E-state index is -4.00. The number of rotatable bonds is 13. The van der Waals surface area contributed by atoms with E-state index >= 15 is 0 Å². The number of aryl methyl sites for hydroxylation is 2. The van der Waals surface area contributed by atoms with Crippen LogP contribution in [0.15, 0.2) is 170 Å². The van der Waals surface area contributed by atoms with Gasteiger partial charge >= 0.3 is 24.7 Å². The summed E-state index contributed by atoms with van der Waals surface area (Å²) >= 11 is 0. The lowest BCUT2D eigenvalue weighted by Gasteiger charge is -2.07. The summed E-state index contributed by atoms with van der Waals surface area (Å²) in [5.74, 6) is 0.328. The second-order valence-corrected chi connectivity index (χ2v) is 17.7. The first-order valence-corrected chi connectivity index (χ1v) is 24.1. The number of hydrogen-bond acceptors (Lipinski definition) is 4. The number of hydrogen-bond donors (Lipinski definition) is 0. The third-order valence-corrected chi connectivity index (χ3v) is 10.3. The van der Waals surface area contributed by atoms with Gasteiger partial charge in [0.15, 0.2) is 23.1 Å². The maximum absolute atomic E-state index is 12.8. The molecule has 0 aliphatic rings. The van der Waals surface area contributed by atoms with Gasteiger partial charge < -0.3 is 0 Å². The third kappa shape index (κ3) is 29.6. The quantitative estimate of drug-likeness (QED) is 0.0852. The molecule has 16 heteroatoms. The number of Topliss-reactive ketones (excluding diaryl/α,β-unsaturated/α-hetero) is 4. The third-order valence-electron chi connectivity index (χ3n) is 10.3. The number of carbonyl (C=O) groups is 4. The van der Waals surface area contributed by atoms with Gasteiger partial charge in [-0.2, -0.15) is 52.7 Å². The summed E-state index contributed by atoms with van der Waals surface area (Å²) < 4.78 is 124. The van der Waals surface area contributed by atoms with Gasteiger partial charge in [0.05, 0.1) is 0 Å². The fourth-order valence-electron chi connectivity index (χ4n) is 6.67. The summed E-state index contributed by atoms with van der Waals surface area (Å²) in [6.07, 6.45) is -14.3. The maximum atomic E-state index is 12.8. The van der Waals surface area contributed by atoms with Crippen molar-refractivity contribution in [3.63, 3.8) is 0 Å². The van der Waals surface area contributed by atoms with Crippen LogP contribution in [0.1, 0.15) is 118 Å². The van der Waals surface area contributed by atoms with Crippen LogP contribution >= 0.6 is 0 Å². The zero-order valence-corrected chi connectivity index (χ0v) is 44.2. The Morgan fingerprint density at radius 2 is 0.513 bits per heavy atom. The number of ketones is 4. The molecule has 0 radical (unpaired) electrons. The molecule has 7 aromatic carbocycles. The standard InChI is InChI=1S/C30H26O2.C24H22O2.4C2H3F3/c1-3-29(31)27-16-12-25(13-17-27)26-14-18-28(19-15-26)30(32)20-22-6-10-24(11-7-22)23-8-4-21(2)5-9-23;1-3-23(25)21-5-4-6-22(16-21)24(26)15-18-9-13-20(14-10-18)19-11-7-17(2)8-12-19;4*1-2(3,4)5/h4-19H,3,20H2,1-2H3;4-14,16H,3,15H2,1-2H3;4*1H3. The highest BCUT2D eigenvalue weighted by Gasteiger charge is 2.18. The average molecular weight is 1100 g/mol. The van der Waals surface area contributed by atoms with Gasteiger partial charge in [-0.05, 0) is 64.4 Å². The van der Waals surface area contributed by atoms with Gasteiger partial charge in [-0.15, -0.1) is 0 Å². The average Bonchev–Trinajstić information content (AvgIpc) is 3.35. The summed E-state index contributed by atoms with van der Waals surface area (Å²) in [7, 11) is 0. The lowest BCUT2D eigenvalue weighted by atomic mass is 9.97. The van der Waals surface area contributed by atoms with Crippen molar-refractivity contribution in [1.82, 2.24) is 0 Å². The molecule has 0 saturated carbocycles. The first kappa shape index (κ1) is 66.5. The fourth-order valence-corrected chi connectivity index (χ4v) is 6.67. The first-order valence-electron chi connectivity index (χ1n) is 24.1. The Morgan fingerprint density at radius 1 is 0.308 bits per heavy atom. The minimum Gasteiger partial charge on any atom is -0.294 e. The number of halogens is 12. The number of carbonyl (C=O) groups excluding carboxylic acids is 4. The van der Waals surface area contributed by atoms with Crippen LogP contribution in [0, 0.1) is 13.8 Å². The second kappa shape index (κ2) is 31.0. The highest BCUT2D eigenvalue weighted by Crippen LogP contribution is 2.25. The van der Waals surface area contributed by atoms with Crippen LogP contribution in [0.25, 0.3) is 33.4 Å². The van der Waals surface area contributed by atoms with Crippen molar-refractivity contribution in [2.45, 2.75) is 106 Å². The molecule has 416 valence electrons. The van der Waals surface area contributed by atoms with Gasteiger partial charge in [-0.25, -0.2) is 0 Å².